The van der Waals surface area contributed by atoms with Crippen LogP contribution in [-0.2, 0) is 11.3 Å². The molecular weight excluding hydrogens is 406 g/mol. The van der Waals surface area contributed by atoms with E-state index in [0.29, 0.717) is 10.2 Å². The number of hydrogen-bond acceptors (Lipinski definition) is 6. The number of rotatable bonds is 3. The van der Waals surface area contributed by atoms with Crippen molar-refractivity contribution in [1.29, 1.82) is 0 Å². The van der Waals surface area contributed by atoms with E-state index in [-0.39, 0.29) is 17.1 Å². The Bertz CT molecular complexity index is 1250. The summed E-state index contributed by atoms with van der Waals surface area (Å²) < 4.78 is 33.3. The first-order chi connectivity index (χ1) is 13.8. The monoisotopic (exact) mass is 420 g/mol. The van der Waals surface area contributed by atoms with Crippen molar-refractivity contribution in [3.05, 3.63) is 49.9 Å². The van der Waals surface area contributed by atoms with E-state index in [1.54, 1.807) is 6.92 Å². The molecule has 0 spiro atoms. The highest BCUT2D eigenvalue weighted by atomic mass is 32.1. The van der Waals surface area contributed by atoms with Gasteiger partial charge in [-0.3, -0.25) is 14.4 Å². The zero-order chi connectivity index (χ0) is 20.9. The third-order valence-electron chi connectivity index (χ3n) is 4.55. The molecule has 0 bridgehead atoms. The Morgan fingerprint density at radius 1 is 1.31 bits per heavy atom. The largest absolute Gasteiger partial charge is 0.478 e. The van der Waals surface area contributed by atoms with Gasteiger partial charge in [0.2, 0.25) is 11.6 Å². The second kappa shape index (κ2) is 6.92. The summed E-state index contributed by atoms with van der Waals surface area (Å²) in [4.78, 5) is 43.9. The molecule has 150 valence electrons. The minimum Gasteiger partial charge on any atom is -0.478 e. The number of anilines is 1. The van der Waals surface area contributed by atoms with Crippen LogP contribution in [0, 0.1) is 25.5 Å². The molecule has 3 heterocycles. The highest BCUT2D eigenvalue weighted by Gasteiger charge is 2.25. The van der Waals surface area contributed by atoms with Crippen LogP contribution in [-0.4, -0.2) is 28.4 Å². The molecule has 3 aromatic rings. The molecule has 0 atom stereocenters. The molecule has 1 aliphatic heterocycles. The zero-order valence-electron chi connectivity index (χ0n) is 15.2. The van der Waals surface area contributed by atoms with Crippen LogP contribution < -0.4 is 20.9 Å². The lowest BCUT2D eigenvalue weighted by atomic mass is 10.1. The highest BCUT2D eigenvalue weighted by Crippen LogP contribution is 2.34. The van der Waals surface area contributed by atoms with Gasteiger partial charge in [0, 0.05) is 17.0 Å². The Labute approximate surface area is 165 Å². The molecule has 0 aliphatic carbocycles. The van der Waals surface area contributed by atoms with Crippen LogP contribution in [0.25, 0.3) is 10.2 Å². The number of carbonyl (C=O) groups excluding carboxylic acids is 2. The number of thiophene rings is 1. The van der Waals surface area contributed by atoms with E-state index in [1.807, 2.05) is 6.92 Å². The van der Waals surface area contributed by atoms with Gasteiger partial charge in [-0.25, -0.2) is 9.37 Å². The van der Waals surface area contributed by atoms with E-state index in [1.165, 1.54) is 17.4 Å². The number of ether oxygens (including phenoxy) is 1. The summed E-state index contributed by atoms with van der Waals surface area (Å²) in [6, 6.07) is 1.18. The van der Waals surface area contributed by atoms with Crippen molar-refractivity contribution in [3.8, 4) is 5.75 Å². The van der Waals surface area contributed by atoms with Gasteiger partial charge in [0.25, 0.3) is 17.4 Å². The van der Waals surface area contributed by atoms with Gasteiger partial charge in [0.1, 0.15) is 4.83 Å². The average molecular weight is 420 g/mol. The maximum atomic E-state index is 14.3. The lowest BCUT2D eigenvalue weighted by Crippen LogP contribution is -2.29. The van der Waals surface area contributed by atoms with E-state index >= 15 is 0 Å². The summed E-state index contributed by atoms with van der Waals surface area (Å²) in [6.45, 7) is 2.83. The fourth-order valence-electron chi connectivity index (χ4n) is 2.97. The van der Waals surface area contributed by atoms with Gasteiger partial charge in [-0.2, -0.15) is 4.39 Å². The fourth-order valence-corrected chi connectivity index (χ4v) is 4.00. The molecule has 1 aliphatic rings. The van der Waals surface area contributed by atoms with Crippen LogP contribution in [0.15, 0.2) is 10.9 Å². The minimum atomic E-state index is -1.26. The van der Waals surface area contributed by atoms with Crippen LogP contribution in [0.1, 0.15) is 26.6 Å². The van der Waals surface area contributed by atoms with E-state index in [2.05, 4.69) is 20.6 Å². The summed E-state index contributed by atoms with van der Waals surface area (Å²) in [5.41, 5.74) is 0.114. The predicted octanol–water partition coefficient (Wildman–Crippen LogP) is 2.14. The standard InChI is InChI=1S/C18H14F2N4O4S/c1-6-7(2)29-18-11(6)16(26)23-15(24-18)17(27)21-4-8-3-9-14(13(20)12(8)19)28-5-10(25)22-9/h3H,4-5H2,1-2H3,(H,21,27)(H,22,25)(H,23,24,26). The van der Waals surface area contributed by atoms with Crippen molar-refractivity contribution >= 4 is 39.1 Å². The van der Waals surface area contributed by atoms with Crippen LogP contribution in [0.5, 0.6) is 5.75 Å². The highest BCUT2D eigenvalue weighted by molar-refractivity contribution is 7.18. The molecule has 0 radical (unpaired) electrons. The van der Waals surface area contributed by atoms with E-state index in [0.717, 1.165) is 10.4 Å². The number of fused-ring (bicyclic) bond motifs is 2. The van der Waals surface area contributed by atoms with Crippen molar-refractivity contribution in [1.82, 2.24) is 15.3 Å². The number of nitrogens with zero attached hydrogens (tertiary/aromatic N) is 1. The van der Waals surface area contributed by atoms with Gasteiger partial charge in [-0.15, -0.1) is 11.3 Å². The average Bonchev–Trinajstić information content (AvgIpc) is 2.97. The van der Waals surface area contributed by atoms with Gasteiger partial charge in [0.05, 0.1) is 11.1 Å². The Hall–Kier alpha value is -3.34. The van der Waals surface area contributed by atoms with E-state index in [4.69, 9.17) is 4.74 Å². The Balaban J connectivity index is 1.60. The van der Waals surface area contributed by atoms with Gasteiger partial charge in [-0.05, 0) is 25.5 Å². The van der Waals surface area contributed by atoms with Crippen molar-refractivity contribution < 1.29 is 23.1 Å². The number of aromatic amines is 1. The van der Waals surface area contributed by atoms with Crippen molar-refractivity contribution in [2.45, 2.75) is 20.4 Å². The molecule has 1 aromatic carbocycles. The van der Waals surface area contributed by atoms with Crippen molar-refractivity contribution in [3.63, 3.8) is 0 Å². The van der Waals surface area contributed by atoms with Crippen molar-refractivity contribution in [2.75, 3.05) is 11.9 Å². The Morgan fingerprint density at radius 3 is 2.83 bits per heavy atom. The lowest BCUT2D eigenvalue weighted by Gasteiger charge is -2.20. The Morgan fingerprint density at radius 2 is 2.07 bits per heavy atom. The molecule has 0 saturated heterocycles. The minimum absolute atomic E-state index is 0.0260. The molecule has 8 nitrogen and oxygen atoms in total. The van der Waals surface area contributed by atoms with E-state index < -0.39 is 47.9 Å². The molecule has 0 saturated carbocycles. The fraction of sp³-hybridized carbons (Fsp3) is 0.222. The van der Waals surface area contributed by atoms with Crippen molar-refractivity contribution in [2.24, 2.45) is 0 Å². The molecule has 3 N–H and O–H groups in total. The zero-order valence-corrected chi connectivity index (χ0v) is 16.1. The SMILES string of the molecule is Cc1sc2nc(C(=O)NCc3cc4c(c(F)c3F)OCC(=O)N4)[nH]c(=O)c2c1C. The number of hydrogen-bond donors (Lipinski definition) is 3. The molecule has 11 heteroatoms. The number of H-pyrrole nitrogens is 1. The van der Waals surface area contributed by atoms with Crippen LogP contribution in [0.2, 0.25) is 0 Å². The number of aryl methyl sites for hydroxylation is 2. The molecule has 0 unspecified atom stereocenters. The summed E-state index contributed by atoms with van der Waals surface area (Å²) in [5.74, 6) is -4.36. The number of aromatic nitrogens is 2. The van der Waals surface area contributed by atoms with Gasteiger partial charge in [-0.1, -0.05) is 0 Å². The first kappa shape index (κ1) is 19.0. The third-order valence-corrected chi connectivity index (χ3v) is 5.65. The topological polar surface area (TPSA) is 113 Å². The number of nitrogens with one attached hydrogen (secondary N) is 3. The Kier molecular flexibility index (Phi) is 4.53. The second-order valence-electron chi connectivity index (χ2n) is 6.44. The van der Waals surface area contributed by atoms with Gasteiger partial charge >= 0.3 is 0 Å². The smallest absolute Gasteiger partial charge is 0.287 e. The molecule has 2 amide bonds. The second-order valence-corrected chi connectivity index (χ2v) is 7.64. The number of benzene rings is 1. The molecular formula is C18H14F2N4O4S. The maximum Gasteiger partial charge on any atom is 0.287 e. The molecule has 0 fully saturated rings. The third kappa shape index (κ3) is 3.23. The summed E-state index contributed by atoms with van der Waals surface area (Å²) in [5, 5.41) is 5.19. The first-order valence-electron chi connectivity index (χ1n) is 8.48. The normalized spacial score (nSPS) is 13.0. The quantitative estimate of drug-likeness (QED) is 0.601. The van der Waals surface area contributed by atoms with Crippen LogP contribution in [0.3, 0.4) is 0 Å². The summed E-state index contributed by atoms with van der Waals surface area (Å²) in [6.07, 6.45) is 0. The first-order valence-corrected chi connectivity index (χ1v) is 9.29. The summed E-state index contributed by atoms with van der Waals surface area (Å²) >= 11 is 1.28. The number of amides is 2. The molecule has 29 heavy (non-hydrogen) atoms. The van der Waals surface area contributed by atoms with Crippen LogP contribution >= 0.6 is 11.3 Å². The maximum absolute atomic E-state index is 14.3. The van der Waals surface area contributed by atoms with Crippen LogP contribution in [0.4, 0.5) is 14.5 Å². The van der Waals surface area contributed by atoms with Gasteiger partial charge < -0.3 is 20.4 Å². The molecule has 2 aromatic heterocycles. The lowest BCUT2D eigenvalue weighted by molar-refractivity contribution is -0.118. The molecule has 4 rings (SSSR count). The predicted molar refractivity (Wildman–Crippen MR) is 101 cm³/mol. The van der Waals surface area contributed by atoms with E-state index in [9.17, 15) is 23.2 Å². The van der Waals surface area contributed by atoms with Gasteiger partial charge in [0.15, 0.2) is 18.2 Å². The number of halogens is 2. The number of carbonyl (C=O) groups is 2. The summed E-state index contributed by atoms with van der Waals surface area (Å²) in [7, 11) is 0.